The van der Waals surface area contributed by atoms with E-state index in [0.717, 1.165) is 34.0 Å². The molecule has 4 aromatic rings. The lowest BCUT2D eigenvalue weighted by Gasteiger charge is -2.25. The third-order valence-electron chi connectivity index (χ3n) is 4.28. The molecule has 0 amide bonds. The number of hydrogen-bond donors (Lipinski definition) is 0. The number of rotatable bonds is 3. The summed E-state index contributed by atoms with van der Waals surface area (Å²) in [7, 11) is 2.01. The van der Waals surface area contributed by atoms with E-state index >= 15 is 0 Å². The number of aromatic nitrogens is 5. The van der Waals surface area contributed by atoms with Gasteiger partial charge in [-0.05, 0) is 38.1 Å². The molecular weight excluding hydrogens is 300 g/mol. The van der Waals surface area contributed by atoms with Gasteiger partial charge in [0.1, 0.15) is 5.82 Å². The quantitative estimate of drug-likeness (QED) is 0.580. The molecule has 24 heavy (non-hydrogen) atoms. The second-order valence-electron chi connectivity index (χ2n) is 5.86. The van der Waals surface area contributed by atoms with Crippen molar-refractivity contribution in [2.24, 2.45) is 0 Å². The third-order valence-corrected chi connectivity index (χ3v) is 4.28. The number of pyridine rings is 1. The molecule has 0 unspecified atom stereocenters. The minimum atomic E-state index is 0.0626. The molecule has 0 N–H and O–H groups in total. The van der Waals surface area contributed by atoms with Crippen LogP contribution in [0.15, 0.2) is 48.7 Å². The second-order valence-corrected chi connectivity index (χ2v) is 5.86. The summed E-state index contributed by atoms with van der Waals surface area (Å²) in [6.45, 7) is 4.00. The lowest BCUT2D eigenvalue weighted by atomic mass is 10.2. The average molecular weight is 318 g/mol. The van der Waals surface area contributed by atoms with Gasteiger partial charge in [-0.3, -0.25) is 4.98 Å². The first-order valence-electron chi connectivity index (χ1n) is 7.91. The van der Waals surface area contributed by atoms with Gasteiger partial charge in [0, 0.05) is 18.6 Å². The van der Waals surface area contributed by atoms with E-state index in [1.54, 1.807) is 0 Å². The van der Waals surface area contributed by atoms with Gasteiger partial charge < -0.3 is 4.90 Å². The van der Waals surface area contributed by atoms with Crippen LogP contribution in [0, 0.1) is 6.92 Å². The maximum Gasteiger partial charge on any atom is 0.229 e. The van der Waals surface area contributed by atoms with E-state index in [2.05, 4.69) is 26.9 Å². The first kappa shape index (κ1) is 14.6. The van der Waals surface area contributed by atoms with E-state index in [1.165, 1.54) is 0 Å². The normalized spacial score (nSPS) is 12.6. The molecule has 0 aliphatic heterocycles. The Labute approximate surface area is 139 Å². The zero-order valence-corrected chi connectivity index (χ0v) is 13.9. The van der Waals surface area contributed by atoms with Crippen LogP contribution >= 0.6 is 0 Å². The number of para-hydroxylation sites is 1. The van der Waals surface area contributed by atoms with Crippen molar-refractivity contribution < 1.29 is 0 Å². The van der Waals surface area contributed by atoms with Crippen molar-refractivity contribution in [3.05, 3.63) is 60.2 Å². The van der Waals surface area contributed by atoms with E-state index in [9.17, 15) is 0 Å². The molecule has 4 rings (SSSR count). The standard InChI is InChI=1S/C18H18N6/c1-12(15-9-6-7-11-19-15)23(3)18-21-16-10-5-4-8-14(16)17-20-13(2)22-24(17)18/h4-12H,1-3H3/t12-/m1/s1. The van der Waals surface area contributed by atoms with Crippen LogP contribution in [-0.4, -0.2) is 31.6 Å². The van der Waals surface area contributed by atoms with Crippen molar-refractivity contribution in [1.29, 1.82) is 0 Å². The van der Waals surface area contributed by atoms with Gasteiger partial charge in [-0.2, -0.15) is 4.52 Å². The summed E-state index contributed by atoms with van der Waals surface area (Å²) in [5.41, 5.74) is 2.72. The van der Waals surface area contributed by atoms with Gasteiger partial charge in [-0.25, -0.2) is 9.97 Å². The molecule has 0 fully saturated rings. The molecule has 0 saturated heterocycles. The number of nitrogens with zero attached hydrogens (tertiary/aromatic N) is 6. The highest BCUT2D eigenvalue weighted by molar-refractivity contribution is 5.92. The van der Waals surface area contributed by atoms with Crippen molar-refractivity contribution in [3.8, 4) is 0 Å². The van der Waals surface area contributed by atoms with Gasteiger partial charge in [0.15, 0.2) is 5.65 Å². The Morgan fingerprint density at radius 1 is 1.04 bits per heavy atom. The largest absolute Gasteiger partial charge is 0.335 e. The Morgan fingerprint density at radius 2 is 1.83 bits per heavy atom. The van der Waals surface area contributed by atoms with Crippen LogP contribution in [0.1, 0.15) is 24.5 Å². The van der Waals surface area contributed by atoms with E-state index in [-0.39, 0.29) is 6.04 Å². The first-order chi connectivity index (χ1) is 11.6. The monoisotopic (exact) mass is 318 g/mol. The SMILES string of the molecule is Cc1nc2c3ccccc3nc(N(C)[C@H](C)c3ccccn3)n2n1. The summed E-state index contributed by atoms with van der Waals surface area (Å²) in [4.78, 5) is 15.9. The molecule has 3 aromatic heterocycles. The molecule has 0 spiro atoms. The van der Waals surface area contributed by atoms with E-state index in [1.807, 2.05) is 67.1 Å². The van der Waals surface area contributed by atoms with Gasteiger partial charge in [-0.15, -0.1) is 5.10 Å². The Morgan fingerprint density at radius 3 is 2.62 bits per heavy atom. The summed E-state index contributed by atoms with van der Waals surface area (Å²) < 4.78 is 1.82. The molecule has 1 atom stereocenters. The molecule has 6 nitrogen and oxygen atoms in total. The van der Waals surface area contributed by atoms with Crippen LogP contribution < -0.4 is 4.90 Å². The van der Waals surface area contributed by atoms with Crippen molar-refractivity contribution in [3.63, 3.8) is 0 Å². The smallest absolute Gasteiger partial charge is 0.229 e. The molecule has 3 heterocycles. The van der Waals surface area contributed by atoms with Crippen LogP contribution in [0.25, 0.3) is 16.6 Å². The third kappa shape index (κ3) is 2.27. The summed E-state index contributed by atoms with van der Waals surface area (Å²) in [5.74, 6) is 1.48. The zero-order chi connectivity index (χ0) is 16.7. The number of benzene rings is 1. The predicted octanol–water partition coefficient (Wildman–Crippen LogP) is 3.18. The predicted molar refractivity (Wildman–Crippen MR) is 94.1 cm³/mol. The maximum atomic E-state index is 4.82. The van der Waals surface area contributed by atoms with Crippen molar-refractivity contribution in [1.82, 2.24) is 24.6 Å². The van der Waals surface area contributed by atoms with Crippen LogP contribution in [-0.2, 0) is 0 Å². The molecule has 1 aromatic carbocycles. The lowest BCUT2D eigenvalue weighted by Crippen LogP contribution is -2.26. The molecule has 6 heteroatoms. The summed E-state index contributed by atoms with van der Waals surface area (Å²) in [6, 6.07) is 14.0. The van der Waals surface area contributed by atoms with Gasteiger partial charge >= 0.3 is 0 Å². The number of hydrogen-bond acceptors (Lipinski definition) is 5. The number of anilines is 1. The van der Waals surface area contributed by atoms with E-state index in [4.69, 9.17) is 4.98 Å². The van der Waals surface area contributed by atoms with Crippen LogP contribution in [0.5, 0.6) is 0 Å². The van der Waals surface area contributed by atoms with Gasteiger partial charge in [0.05, 0.1) is 17.3 Å². The second kappa shape index (κ2) is 5.56. The highest BCUT2D eigenvalue weighted by Gasteiger charge is 2.20. The maximum absolute atomic E-state index is 4.82. The molecule has 0 bridgehead atoms. The van der Waals surface area contributed by atoms with Crippen LogP contribution in [0.3, 0.4) is 0 Å². The lowest BCUT2D eigenvalue weighted by molar-refractivity contribution is 0.679. The fourth-order valence-corrected chi connectivity index (χ4v) is 2.87. The topological polar surface area (TPSA) is 59.2 Å². The summed E-state index contributed by atoms with van der Waals surface area (Å²) in [5, 5.41) is 5.54. The Hall–Kier alpha value is -3.02. The molecule has 120 valence electrons. The molecular formula is C18H18N6. The highest BCUT2D eigenvalue weighted by atomic mass is 15.4. The summed E-state index contributed by atoms with van der Waals surface area (Å²) >= 11 is 0. The van der Waals surface area contributed by atoms with Crippen LogP contribution in [0.4, 0.5) is 5.95 Å². The van der Waals surface area contributed by atoms with E-state index < -0.39 is 0 Å². The summed E-state index contributed by atoms with van der Waals surface area (Å²) in [6.07, 6.45) is 1.81. The Kier molecular flexibility index (Phi) is 3.37. The van der Waals surface area contributed by atoms with Gasteiger partial charge in [0.25, 0.3) is 0 Å². The highest BCUT2D eigenvalue weighted by Crippen LogP contribution is 2.26. The zero-order valence-electron chi connectivity index (χ0n) is 13.9. The fourth-order valence-electron chi connectivity index (χ4n) is 2.87. The van der Waals surface area contributed by atoms with Crippen molar-refractivity contribution >= 4 is 22.5 Å². The molecule has 0 aliphatic carbocycles. The fraction of sp³-hybridized carbons (Fsp3) is 0.222. The van der Waals surface area contributed by atoms with Crippen molar-refractivity contribution in [2.45, 2.75) is 19.9 Å². The Bertz CT molecular complexity index is 1010. The average Bonchev–Trinajstić information content (AvgIpc) is 3.02. The van der Waals surface area contributed by atoms with Crippen LogP contribution in [0.2, 0.25) is 0 Å². The number of aryl methyl sites for hydroxylation is 1. The molecule has 0 radical (unpaired) electrons. The molecule has 0 aliphatic rings. The van der Waals surface area contributed by atoms with Gasteiger partial charge in [-0.1, -0.05) is 18.2 Å². The number of fused-ring (bicyclic) bond motifs is 3. The minimum absolute atomic E-state index is 0.0626. The Balaban J connectivity index is 1.91. The minimum Gasteiger partial charge on any atom is -0.335 e. The van der Waals surface area contributed by atoms with E-state index in [0.29, 0.717) is 0 Å². The first-order valence-corrected chi connectivity index (χ1v) is 7.91. The van der Waals surface area contributed by atoms with Gasteiger partial charge in [0.2, 0.25) is 5.95 Å². The molecule has 0 saturated carbocycles. The van der Waals surface area contributed by atoms with Crippen molar-refractivity contribution in [2.75, 3.05) is 11.9 Å².